The summed E-state index contributed by atoms with van der Waals surface area (Å²) in [5, 5.41) is 11.4. The van der Waals surface area contributed by atoms with Crippen molar-refractivity contribution in [1.29, 1.82) is 0 Å². The number of aryl methyl sites for hydroxylation is 2. The van der Waals surface area contributed by atoms with Crippen LogP contribution in [0.15, 0.2) is 6.20 Å². The minimum Gasteiger partial charge on any atom is -0.317 e. The summed E-state index contributed by atoms with van der Waals surface area (Å²) < 4.78 is 2.02. The van der Waals surface area contributed by atoms with E-state index < -0.39 is 0 Å². The molecule has 1 rings (SSSR count). The highest BCUT2D eigenvalue weighted by atomic mass is 15.4. The average Bonchev–Trinajstić information content (AvgIpc) is 2.68. The van der Waals surface area contributed by atoms with Gasteiger partial charge < -0.3 is 5.32 Å². The van der Waals surface area contributed by atoms with E-state index in [1.165, 1.54) is 12.1 Å². The van der Waals surface area contributed by atoms with Crippen LogP contribution >= 0.6 is 0 Å². The Morgan fingerprint density at radius 1 is 1.47 bits per heavy atom. The van der Waals surface area contributed by atoms with E-state index in [2.05, 4.69) is 29.5 Å². The van der Waals surface area contributed by atoms with Gasteiger partial charge in [0.05, 0.1) is 11.9 Å². The number of nitrogens with zero attached hydrogens (tertiary/aromatic N) is 3. The van der Waals surface area contributed by atoms with Crippen molar-refractivity contribution in [2.45, 2.75) is 52.1 Å². The predicted octanol–water partition coefficient (Wildman–Crippen LogP) is 1.62. The van der Waals surface area contributed by atoms with Gasteiger partial charge in [0.25, 0.3) is 0 Å². The summed E-state index contributed by atoms with van der Waals surface area (Å²) in [4.78, 5) is 0. The van der Waals surface area contributed by atoms with Crippen LogP contribution in [0.3, 0.4) is 0 Å². The zero-order valence-corrected chi connectivity index (χ0v) is 10.0. The van der Waals surface area contributed by atoms with Gasteiger partial charge in [-0.3, -0.25) is 0 Å². The summed E-state index contributed by atoms with van der Waals surface area (Å²) in [5.74, 6) is 0. The van der Waals surface area contributed by atoms with Crippen LogP contribution in [0.1, 0.15) is 38.8 Å². The predicted molar refractivity (Wildman–Crippen MR) is 61.8 cm³/mol. The van der Waals surface area contributed by atoms with E-state index in [9.17, 15) is 0 Å². The van der Waals surface area contributed by atoms with E-state index in [0.29, 0.717) is 6.04 Å². The molecule has 0 aliphatic rings. The molecule has 0 spiro atoms. The molecule has 0 bridgehead atoms. The molecular formula is C11H22N4. The van der Waals surface area contributed by atoms with E-state index >= 15 is 0 Å². The maximum atomic E-state index is 4.08. The summed E-state index contributed by atoms with van der Waals surface area (Å²) in [6.45, 7) is 5.35. The second-order valence-corrected chi connectivity index (χ2v) is 3.88. The lowest BCUT2D eigenvalue weighted by atomic mass is 10.1. The molecule has 4 nitrogen and oxygen atoms in total. The smallest absolute Gasteiger partial charge is 0.0725 e. The van der Waals surface area contributed by atoms with Gasteiger partial charge in [-0.05, 0) is 32.7 Å². The van der Waals surface area contributed by atoms with Crippen LogP contribution in [0.2, 0.25) is 0 Å². The topological polar surface area (TPSA) is 42.7 Å². The molecule has 1 N–H and O–H groups in total. The fourth-order valence-corrected chi connectivity index (χ4v) is 1.75. The van der Waals surface area contributed by atoms with E-state index in [-0.39, 0.29) is 0 Å². The Hall–Kier alpha value is -0.900. The van der Waals surface area contributed by atoms with Crippen LogP contribution in [0.25, 0.3) is 0 Å². The van der Waals surface area contributed by atoms with Crippen molar-refractivity contribution in [2.24, 2.45) is 0 Å². The maximum absolute atomic E-state index is 4.08. The van der Waals surface area contributed by atoms with Gasteiger partial charge in [-0.25, -0.2) is 4.68 Å². The lowest BCUT2D eigenvalue weighted by molar-refractivity contribution is 0.487. The van der Waals surface area contributed by atoms with Gasteiger partial charge in [0.1, 0.15) is 0 Å². The third-order valence-corrected chi connectivity index (χ3v) is 2.78. The zero-order valence-electron chi connectivity index (χ0n) is 10.0. The summed E-state index contributed by atoms with van der Waals surface area (Å²) in [7, 11) is 2.02. The van der Waals surface area contributed by atoms with E-state index in [0.717, 1.165) is 25.8 Å². The quantitative estimate of drug-likeness (QED) is 0.743. The van der Waals surface area contributed by atoms with Gasteiger partial charge in [-0.1, -0.05) is 19.1 Å². The fourth-order valence-electron chi connectivity index (χ4n) is 1.75. The van der Waals surface area contributed by atoms with Crippen LogP contribution in [-0.4, -0.2) is 28.1 Å². The molecule has 1 unspecified atom stereocenters. The standard InChI is InChI=1S/C11H22N4/c1-4-8-15-11(9-13-14-15)7-6-10(5-2)12-3/h9-10,12H,4-8H2,1-3H3. The van der Waals surface area contributed by atoms with Crippen molar-refractivity contribution in [2.75, 3.05) is 7.05 Å². The highest BCUT2D eigenvalue weighted by Gasteiger charge is 2.07. The Bertz CT molecular complexity index is 265. The molecule has 1 aromatic rings. The Labute approximate surface area is 92.1 Å². The number of nitrogens with one attached hydrogen (secondary N) is 1. The lowest BCUT2D eigenvalue weighted by Crippen LogP contribution is -2.25. The Morgan fingerprint density at radius 2 is 2.27 bits per heavy atom. The van der Waals surface area contributed by atoms with Crippen molar-refractivity contribution >= 4 is 0 Å². The van der Waals surface area contributed by atoms with E-state index in [1.807, 2.05) is 17.9 Å². The lowest BCUT2D eigenvalue weighted by Gasteiger charge is -2.13. The van der Waals surface area contributed by atoms with Crippen LogP contribution in [0, 0.1) is 0 Å². The Balaban J connectivity index is 2.45. The monoisotopic (exact) mass is 210 g/mol. The fraction of sp³-hybridized carbons (Fsp3) is 0.818. The molecule has 86 valence electrons. The molecule has 4 heteroatoms. The number of hydrogen-bond acceptors (Lipinski definition) is 3. The summed E-state index contributed by atoms with van der Waals surface area (Å²) in [6.07, 6.45) is 6.39. The van der Waals surface area contributed by atoms with Gasteiger partial charge in [0.15, 0.2) is 0 Å². The van der Waals surface area contributed by atoms with Crippen molar-refractivity contribution in [3.05, 3.63) is 11.9 Å². The SMILES string of the molecule is CCCn1nncc1CCC(CC)NC. The van der Waals surface area contributed by atoms with Gasteiger partial charge in [0, 0.05) is 12.6 Å². The number of hydrogen-bond donors (Lipinski definition) is 1. The zero-order chi connectivity index (χ0) is 11.1. The molecule has 0 saturated heterocycles. The molecular weight excluding hydrogens is 188 g/mol. The Morgan fingerprint density at radius 3 is 2.87 bits per heavy atom. The van der Waals surface area contributed by atoms with Crippen molar-refractivity contribution in [3.8, 4) is 0 Å². The summed E-state index contributed by atoms with van der Waals surface area (Å²) in [6, 6.07) is 0.606. The minimum absolute atomic E-state index is 0.606. The van der Waals surface area contributed by atoms with E-state index in [4.69, 9.17) is 0 Å². The number of aromatic nitrogens is 3. The molecule has 0 aliphatic carbocycles. The molecule has 0 saturated carbocycles. The molecule has 0 fully saturated rings. The summed E-state index contributed by atoms with van der Waals surface area (Å²) in [5.41, 5.74) is 1.26. The maximum Gasteiger partial charge on any atom is 0.0725 e. The first-order chi connectivity index (χ1) is 7.31. The molecule has 0 aliphatic heterocycles. The van der Waals surface area contributed by atoms with Gasteiger partial charge in [-0.15, -0.1) is 5.10 Å². The second-order valence-electron chi connectivity index (χ2n) is 3.88. The van der Waals surface area contributed by atoms with Crippen molar-refractivity contribution in [1.82, 2.24) is 20.3 Å². The minimum atomic E-state index is 0.606. The molecule has 0 radical (unpaired) electrons. The molecule has 1 heterocycles. The van der Waals surface area contributed by atoms with Gasteiger partial charge >= 0.3 is 0 Å². The van der Waals surface area contributed by atoms with Crippen LogP contribution in [-0.2, 0) is 13.0 Å². The van der Waals surface area contributed by atoms with Crippen LogP contribution in [0.5, 0.6) is 0 Å². The molecule has 1 atom stereocenters. The highest BCUT2D eigenvalue weighted by molar-refractivity contribution is 4.94. The normalized spacial score (nSPS) is 13.0. The Kier molecular flexibility index (Phi) is 5.32. The van der Waals surface area contributed by atoms with Gasteiger partial charge in [0.2, 0.25) is 0 Å². The highest BCUT2D eigenvalue weighted by Crippen LogP contribution is 2.06. The first-order valence-electron chi connectivity index (χ1n) is 5.86. The average molecular weight is 210 g/mol. The second kappa shape index (κ2) is 6.56. The molecule has 0 amide bonds. The van der Waals surface area contributed by atoms with Crippen molar-refractivity contribution in [3.63, 3.8) is 0 Å². The third kappa shape index (κ3) is 3.63. The molecule has 15 heavy (non-hydrogen) atoms. The third-order valence-electron chi connectivity index (χ3n) is 2.78. The first kappa shape index (κ1) is 12.2. The molecule has 1 aromatic heterocycles. The molecule has 0 aromatic carbocycles. The summed E-state index contributed by atoms with van der Waals surface area (Å²) >= 11 is 0. The van der Waals surface area contributed by atoms with Gasteiger partial charge in [-0.2, -0.15) is 0 Å². The van der Waals surface area contributed by atoms with Crippen LogP contribution in [0.4, 0.5) is 0 Å². The first-order valence-corrected chi connectivity index (χ1v) is 5.86. The van der Waals surface area contributed by atoms with E-state index in [1.54, 1.807) is 0 Å². The van der Waals surface area contributed by atoms with Crippen molar-refractivity contribution < 1.29 is 0 Å². The number of rotatable bonds is 7. The largest absolute Gasteiger partial charge is 0.317 e. The van der Waals surface area contributed by atoms with Crippen LogP contribution < -0.4 is 5.32 Å².